The molecular weight excluding hydrogens is 254 g/mol. The average molecular weight is 279 g/mol. The second kappa shape index (κ2) is 7.28. The van der Waals surface area contributed by atoms with Crippen molar-refractivity contribution in [3.63, 3.8) is 0 Å². The maximum absolute atomic E-state index is 11.7. The number of carbonyl (C=O) groups excluding carboxylic acids is 1. The first-order valence-electron chi connectivity index (χ1n) is 7.47. The first-order chi connectivity index (χ1) is 9.67. The molecule has 0 unspecified atom stereocenters. The number of anilines is 1. The van der Waals surface area contributed by atoms with Gasteiger partial charge in [-0.2, -0.15) is 5.10 Å². The van der Waals surface area contributed by atoms with E-state index >= 15 is 0 Å². The number of nitrogens with zero attached hydrogens (tertiary/aromatic N) is 3. The van der Waals surface area contributed by atoms with Gasteiger partial charge in [-0.05, 0) is 32.2 Å². The van der Waals surface area contributed by atoms with Crippen LogP contribution in [-0.4, -0.2) is 46.9 Å². The minimum Gasteiger partial charge on any atom is -0.337 e. The number of nitrogens with one attached hydrogen (secondary N) is 2. The normalized spacial score (nSPS) is 19.8. The summed E-state index contributed by atoms with van der Waals surface area (Å²) in [6.07, 6.45) is 6.08. The van der Waals surface area contributed by atoms with Gasteiger partial charge in [0.1, 0.15) is 0 Å². The first-order valence-corrected chi connectivity index (χ1v) is 7.47. The van der Waals surface area contributed by atoms with Crippen LogP contribution in [0.1, 0.15) is 26.7 Å². The fourth-order valence-corrected chi connectivity index (χ4v) is 2.59. The minimum absolute atomic E-state index is 0.161. The number of amides is 2. The van der Waals surface area contributed by atoms with E-state index < -0.39 is 0 Å². The second-order valence-corrected chi connectivity index (χ2v) is 5.51. The fourth-order valence-electron chi connectivity index (χ4n) is 2.59. The molecule has 1 aliphatic rings. The topological polar surface area (TPSA) is 62.2 Å². The van der Waals surface area contributed by atoms with Gasteiger partial charge in [0.05, 0.1) is 11.9 Å². The molecule has 1 aromatic rings. The highest BCUT2D eigenvalue weighted by molar-refractivity contribution is 5.88. The Labute approximate surface area is 120 Å². The van der Waals surface area contributed by atoms with Crippen molar-refractivity contribution in [2.45, 2.75) is 33.2 Å². The Kier molecular flexibility index (Phi) is 5.40. The molecule has 1 aliphatic heterocycles. The number of aromatic nitrogens is 2. The molecule has 0 aromatic carbocycles. The van der Waals surface area contributed by atoms with E-state index in [0.717, 1.165) is 37.8 Å². The van der Waals surface area contributed by atoms with Crippen molar-refractivity contribution in [1.82, 2.24) is 20.0 Å². The Morgan fingerprint density at radius 3 is 3.10 bits per heavy atom. The van der Waals surface area contributed by atoms with E-state index in [0.29, 0.717) is 6.54 Å². The maximum atomic E-state index is 11.7. The number of rotatable bonds is 5. The van der Waals surface area contributed by atoms with E-state index in [9.17, 15) is 4.79 Å². The van der Waals surface area contributed by atoms with Crippen LogP contribution in [0.25, 0.3) is 0 Å². The molecule has 0 aliphatic carbocycles. The Morgan fingerprint density at radius 2 is 2.40 bits per heavy atom. The predicted molar refractivity (Wildman–Crippen MR) is 79.8 cm³/mol. The average Bonchev–Trinajstić information content (AvgIpc) is 2.86. The molecule has 2 amide bonds. The summed E-state index contributed by atoms with van der Waals surface area (Å²) in [7, 11) is 0. The molecule has 20 heavy (non-hydrogen) atoms. The van der Waals surface area contributed by atoms with E-state index in [1.165, 1.54) is 12.8 Å². The van der Waals surface area contributed by atoms with Crippen molar-refractivity contribution in [1.29, 1.82) is 0 Å². The Bertz CT molecular complexity index is 431. The number of piperidine rings is 1. The summed E-state index contributed by atoms with van der Waals surface area (Å²) < 4.78 is 1.78. The first kappa shape index (κ1) is 14.8. The Balaban J connectivity index is 1.64. The molecule has 0 bridgehead atoms. The van der Waals surface area contributed by atoms with Gasteiger partial charge in [-0.25, -0.2) is 4.79 Å². The lowest BCUT2D eigenvalue weighted by molar-refractivity contribution is 0.184. The number of urea groups is 1. The third-order valence-corrected chi connectivity index (χ3v) is 3.67. The zero-order valence-electron chi connectivity index (χ0n) is 12.4. The lowest BCUT2D eigenvalue weighted by Gasteiger charge is -2.30. The lowest BCUT2D eigenvalue weighted by Crippen LogP contribution is -2.41. The molecule has 0 radical (unpaired) electrons. The fraction of sp³-hybridized carbons (Fsp3) is 0.714. The Hall–Kier alpha value is -1.56. The van der Waals surface area contributed by atoms with Crippen LogP contribution in [0.5, 0.6) is 0 Å². The summed E-state index contributed by atoms with van der Waals surface area (Å²) in [5.74, 6) is 0.775. The summed E-state index contributed by atoms with van der Waals surface area (Å²) in [5.41, 5.74) is 0.732. The van der Waals surface area contributed by atoms with Crippen LogP contribution in [0.15, 0.2) is 12.4 Å². The molecule has 0 saturated carbocycles. The maximum Gasteiger partial charge on any atom is 0.319 e. The molecule has 0 spiro atoms. The monoisotopic (exact) mass is 279 g/mol. The van der Waals surface area contributed by atoms with Gasteiger partial charge in [0, 0.05) is 32.4 Å². The SMILES string of the molecule is CCn1cc(NC(=O)NCCN2CCC[C@H](C)C2)cn1. The summed E-state index contributed by atoms with van der Waals surface area (Å²) in [4.78, 5) is 14.2. The van der Waals surface area contributed by atoms with Crippen molar-refractivity contribution in [2.75, 3.05) is 31.5 Å². The number of aryl methyl sites for hydroxylation is 1. The van der Waals surface area contributed by atoms with Gasteiger partial charge >= 0.3 is 6.03 Å². The van der Waals surface area contributed by atoms with E-state index in [4.69, 9.17) is 0 Å². The van der Waals surface area contributed by atoms with Crippen LogP contribution in [0.2, 0.25) is 0 Å². The van der Waals surface area contributed by atoms with Crippen LogP contribution in [0.4, 0.5) is 10.5 Å². The van der Waals surface area contributed by atoms with Crippen LogP contribution < -0.4 is 10.6 Å². The van der Waals surface area contributed by atoms with Gasteiger partial charge in [0.25, 0.3) is 0 Å². The quantitative estimate of drug-likeness (QED) is 0.863. The summed E-state index contributed by atoms with van der Waals surface area (Å²) in [5, 5.41) is 9.80. The van der Waals surface area contributed by atoms with Gasteiger partial charge in [0.2, 0.25) is 0 Å². The van der Waals surface area contributed by atoms with Crippen LogP contribution in [0.3, 0.4) is 0 Å². The van der Waals surface area contributed by atoms with Crippen LogP contribution >= 0.6 is 0 Å². The van der Waals surface area contributed by atoms with Gasteiger partial charge in [-0.1, -0.05) is 6.92 Å². The molecule has 6 nitrogen and oxygen atoms in total. The highest BCUT2D eigenvalue weighted by Crippen LogP contribution is 2.14. The van der Waals surface area contributed by atoms with Crippen LogP contribution in [-0.2, 0) is 6.54 Å². The smallest absolute Gasteiger partial charge is 0.319 e. The minimum atomic E-state index is -0.161. The summed E-state index contributed by atoms with van der Waals surface area (Å²) in [6.45, 7) is 9.00. The largest absolute Gasteiger partial charge is 0.337 e. The van der Waals surface area contributed by atoms with Crippen molar-refractivity contribution in [2.24, 2.45) is 5.92 Å². The zero-order chi connectivity index (χ0) is 14.4. The number of hydrogen-bond acceptors (Lipinski definition) is 3. The third-order valence-electron chi connectivity index (χ3n) is 3.67. The van der Waals surface area contributed by atoms with Crippen LogP contribution in [0, 0.1) is 5.92 Å². The van der Waals surface area contributed by atoms with Gasteiger partial charge in [0.15, 0.2) is 0 Å². The number of carbonyl (C=O) groups is 1. The molecule has 2 rings (SSSR count). The molecule has 1 saturated heterocycles. The summed E-state index contributed by atoms with van der Waals surface area (Å²) in [6, 6.07) is -0.161. The molecule has 6 heteroatoms. The molecule has 112 valence electrons. The van der Waals surface area contributed by atoms with Crippen molar-refractivity contribution in [3.8, 4) is 0 Å². The van der Waals surface area contributed by atoms with E-state index in [1.54, 1.807) is 10.9 Å². The summed E-state index contributed by atoms with van der Waals surface area (Å²) >= 11 is 0. The predicted octanol–water partition coefficient (Wildman–Crippen LogP) is 1.76. The van der Waals surface area contributed by atoms with E-state index in [1.807, 2.05) is 13.1 Å². The number of hydrogen-bond donors (Lipinski definition) is 2. The third kappa shape index (κ3) is 4.52. The molecule has 1 aromatic heterocycles. The van der Waals surface area contributed by atoms with Gasteiger partial charge in [-0.15, -0.1) is 0 Å². The molecule has 2 N–H and O–H groups in total. The van der Waals surface area contributed by atoms with Gasteiger partial charge < -0.3 is 15.5 Å². The molecule has 1 atom stereocenters. The van der Waals surface area contributed by atoms with E-state index in [2.05, 4.69) is 27.6 Å². The van der Waals surface area contributed by atoms with Crippen molar-refractivity contribution < 1.29 is 4.79 Å². The highest BCUT2D eigenvalue weighted by atomic mass is 16.2. The number of likely N-dealkylation sites (tertiary alicyclic amines) is 1. The Morgan fingerprint density at radius 1 is 1.55 bits per heavy atom. The molecular formula is C14H25N5O. The lowest BCUT2D eigenvalue weighted by atomic mass is 10.0. The van der Waals surface area contributed by atoms with Crippen molar-refractivity contribution >= 4 is 11.7 Å². The second-order valence-electron chi connectivity index (χ2n) is 5.51. The molecule has 1 fully saturated rings. The van der Waals surface area contributed by atoms with Gasteiger partial charge in [-0.3, -0.25) is 4.68 Å². The van der Waals surface area contributed by atoms with E-state index in [-0.39, 0.29) is 6.03 Å². The standard InChI is InChI=1S/C14H25N5O/c1-3-19-11-13(9-16-19)17-14(20)15-6-8-18-7-4-5-12(2)10-18/h9,11-12H,3-8,10H2,1-2H3,(H2,15,17,20)/t12-/m0/s1. The zero-order valence-corrected chi connectivity index (χ0v) is 12.4. The van der Waals surface area contributed by atoms with Crippen molar-refractivity contribution in [3.05, 3.63) is 12.4 Å². The molecule has 2 heterocycles. The highest BCUT2D eigenvalue weighted by Gasteiger charge is 2.15.